The van der Waals surface area contributed by atoms with Crippen LogP contribution in [0.15, 0.2) is 23.6 Å². The lowest BCUT2D eigenvalue weighted by molar-refractivity contribution is 1.06. The second kappa shape index (κ2) is 6.55. The average Bonchev–Trinajstić information content (AvgIpc) is 2.10. The first-order valence-electron chi connectivity index (χ1n) is 3.23. The van der Waals surface area contributed by atoms with Crippen molar-refractivity contribution >= 4 is 11.8 Å². The van der Waals surface area contributed by atoms with Crippen LogP contribution in [0.2, 0.25) is 0 Å². The van der Waals surface area contributed by atoms with E-state index >= 15 is 0 Å². The van der Waals surface area contributed by atoms with Gasteiger partial charge in [-0.15, -0.1) is 11.8 Å². The van der Waals surface area contributed by atoms with Crippen molar-refractivity contribution in [3.05, 3.63) is 18.6 Å². The largest absolute Gasteiger partial charge is 0.260 e. The van der Waals surface area contributed by atoms with E-state index in [2.05, 4.69) is 9.97 Å². The van der Waals surface area contributed by atoms with Crippen LogP contribution >= 0.6 is 11.8 Å². The van der Waals surface area contributed by atoms with Gasteiger partial charge in [-0.2, -0.15) is 0 Å². The van der Waals surface area contributed by atoms with Crippen LogP contribution in [0.5, 0.6) is 0 Å². The Labute approximate surface area is 66.1 Å². The highest BCUT2D eigenvalue weighted by Crippen LogP contribution is 2.05. The molecule has 0 saturated carbocycles. The van der Waals surface area contributed by atoms with E-state index in [1.165, 1.54) is 0 Å². The van der Waals surface area contributed by atoms with E-state index in [9.17, 15) is 0 Å². The lowest BCUT2D eigenvalue weighted by Crippen LogP contribution is -1.76. The van der Waals surface area contributed by atoms with Crippen LogP contribution in [0, 0.1) is 0 Å². The molecule has 0 aliphatic rings. The normalized spacial score (nSPS) is 7.90. The van der Waals surface area contributed by atoms with E-state index < -0.39 is 0 Å². The number of rotatable bonds is 1. The maximum absolute atomic E-state index is 4.00. The molecule has 0 unspecified atom stereocenters. The molecule has 10 heavy (non-hydrogen) atoms. The van der Waals surface area contributed by atoms with Crippen molar-refractivity contribution in [3.63, 3.8) is 0 Å². The monoisotopic (exact) mass is 156 g/mol. The fraction of sp³-hybridized carbons (Fsp3) is 0.429. The topological polar surface area (TPSA) is 25.8 Å². The SMILES string of the molecule is CC.CSc1cnccn1. The molecule has 0 atom stereocenters. The van der Waals surface area contributed by atoms with Gasteiger partial charge >= 0.3 is 0 Å². The van der Waals surface area contributed by atoms with E-state index in [1.54, 1.807) is 30.4 Å². The molecule has 0 N–H and O–H groups in total. The van der Waals surface area contributed by atoms with Crippen molar-refractivity contribution in [2.24, 2.45) is 0 Å². The van der Waals surface area contributed by atoms with Gasteiger partial charge in [0.15, 0.2) is 0 Å². The molecular weight excluding hydrogens is 144 g/mol. The van der Waals surface area contributed by atoms with Crippen LogP contribution in [-0.4, -0.2) is 16.2 Å². The van der Waals surface area contributed by atoms with Crippen LogP contribution < -0.4 is 0 Å². The van der Waals surface area contributed by atoms with Crippen LogP contribution in [0.4, 0.5) is 0 Å². The third-order valence-electron chi connectivity index (χ3n) is 0.749. The van der Waals surface area contributed by atoms with Gasteiger partial charge in [0.25, 0.3) is 0 Å². The minimum Gasteiger partial charge on any atom is -0.260 e. The average molecular weight is 156 g/mol. The Morgan fingerprint density at radius 3 is 2.30 bits per heavy atom. The molecule has 0 aliphatic heterocycles. The minimum atomic E-state index is 0.965. The zero-order valence-electron chi connectivity index (χ0n) is 6.53. The van der Waals surface area contributed by atoms with Gasteiger partial charge in [-0.25, -0.2) is 4.98 Å². The highest BCUT2D eigenvalue weighted by Gasteiger charge is 1.83. The van der Waals surface area contributed by atoms with Crippen molar-refractivity contribution in [3.8, 4) is 0 Å². The summed E-state index contributed by atoms with van der Waals surface area (Å²) in [5.41, 5.74) is 0. The second-order valence-electron chi connectivity index (χ2n) is 1.25. The van der Waals surface area contributed by atoms with Crippen molar-refractivity contribution in [2.75, 3.05) is 6.26 Å². The molecule has 0 aromatic carbocycles. The maximum atomic E-state index is 4.00. The summed E-state index contributed by atoms with van der Waals surface area (Å²) in [4.78, 5) is 7.87. The van der Waals surface area contributed by atoms with Crippen LogP contribution in [0.1, 0.15) is 13.8 Å². The smallest absolute Gasteiger partial charge is 0.114 e. The van der Waals surface area contributed by atoms with Gasteiger partial charge in [-0.1, -0.05) is 13.8 Å². The molecule has 0 amide bonds. The molecule has 2 nitrogen and oxygen atoms in total. The molecule has 0 aliphatic carbocycles. The van der Waals surface area contributed by atoms with Gasteiger partial charge < -0.3 is 0 Å². The number of nitrogens with zero attached hydrogens (tertiary/aromatic N) is 2. The van der Waals surface area contributed by atoms with Crippen LogP contribution in [-0.2, 0) is 0 Å². The van der Waals surface area contributed by atoms with E-state index in [0.717, 1.165) is 5.03 Å². The van der Waals surface area contributed by atoms with Gasteiger partial charge in [0.1, 0.15) is 5.03 Å². The Hall–Kier alpha value is -0.570. The fourth-order valence-corrected chi connectivity index (χ4v) is 0.723. The van der Waals surface area contributed by atoms with Crippen molar-refractivity contribution in [2.45, 2.75) is 18.9 Å². The molecule has 1 aromatic heterocycles. The number of hydrogen-bond acceptors (Lipinski definition) is 3. The van der Waals surface area contributed by atoms with E-state index in [-0.39, 0.29) is 0 Å². The molecule has 0 fully saturated rings. The Morgan fingerprint density at radius 2 is 2.00 bits per heavy atom. The standard InChI is InChI=1S/C5H6N2S.C2H6/c1-8-5-4-6-2-3-7-5;1-2/h2-4H,1H3;1-2H3. The third kappa shape index (κ3) is 3.45. The van der Waals surface area contributed by atoms with E-state index in [0.29, 0.717) is 0 Å². The zero-order valence-corrected chi connectivity index (χ0v) is 7.35. The molecule has 1 heterocycles. The number of thioether (sulfide) groups is 1. The summed E-state index contributed by atoms with van der Waals surface area (Å²) in [6, 6.07) is 0. The molecule has 3 heteroatoms. The molecular formula is C7H12N2S. The highest BCUT2D eigenvalue weighted by molar-refractivity contribution is 7.98. The lowest BCUT2D eigenvalue weighted by atomic mass is 10.8. The summed E-state index contributed by atoms with van der Waals surface area (Å²) in [6.07, 6.45) is 7.07. The zero-order chi connectivity index (χ0) is 7.82. The summed E-state index contributed by atoms with van der Waals surface area (Å²) in [6.45, 7) is 4.00. The highest BCUT2D eigenvalue weighted by atomic mass is 32.2. The molecule has 0 radical (unpaired) electrons. The summed E-state index contributed by atoms with van der Waals surface area (Å²) < 4.78 is 0. The molecule has 0 bridgehead atoms. The number of aromatic nitrogens is 2. The first kappa shape index (κ1) is 9.43. The Balaban J connectivity index is 0.000000371. The summed E-state index contributed by atoms with van der Waals surface area (Å²) in [7, 11) is 0. The van der Waals surface area contributed by atoms with Crippen molar-refractivity contribution in [1.82, 2.24) is 9.97 Å². The quantitative estimate of drug-likeness (QED) is 0.583. The van der Waals surface area contributed by atoms with Crippen molar-refractivity contribution < 1.29 is 0 Å². The Kier molecular flexibility index (Phi) is 6.18. The lowest BCUT2D eigenvalue weighted by Gasteiger charge is -1.87. The maximum Gasteiger partial charge on any atom is 0.114 e. The Morgan fingerprint density at radius 1 is 1.30 bits per heavy atom. The Bertz CT molecular complexity index is 153. The second-order valence-corrected chi connectivity index (χ2v) is 2.07. The van der Waals surface area contributed by atoms with Gasteiger partial charge in [0, 0.05) is 12.4 Å². The minimum absolute atomic E-state index is 0.965. The summed E-state index contributed by atoms with van der Waals surface area (Å²) in [5, 5.41) is 0.965. The van der Waals surface area contributed by atoms with Gasteiger partial charge in [0.05, 0.1) is 6.20 Å². The third-order valence-corrected chi connectivity index (χ3v) is 1.38. The van der Waals surface area contributed by atoms with Gasteiger partial charge in [-0.3, -0.25) is 4.98 Å². The first-order chi connectivity index (χ1) is 4.93. The predicted molar refractivity (Wildman–Crippen MR) is 45.2 cm³/mol. The summed E-state index contributed by atoms with van der Waals surface area (Å²) >= 11 is 1.60. The van der Waals surface area contributed by atoms with E-state index in [1.807, 2.05) is 20.1 Å². The van der Waals surface area contributed by atoms with Crippen LogP contribution in [0.25, 0.3) is 0 Å². The molecule has 56 valence electrons. The summed E-state index contributed by atoms with van der Waals surface area (Å²) in [5.74, 6) is 0. The first-order valence-corrected chi connectivity index (χ1v) is 4.46. The van der Waals surface area contributed by atoms with Crippen molar-refractivity contribution in [1.29, 1.82) is 0 Å². The molecule has 1 rings (SSSR count). The fourth-order valence-electron chi connectivity index (χ4n) is 0.391. The molecule has 0 saturated heterocycles. The number of hydrogen-bond donors (Lipinski definition) is 0. The molecule has 0 spiro atoms. The van der Waals surface area contributed by atoms with Crippen LogP contribution in [0.3, 0.4) is 0 Å². The predicted octanol–water partition coefficient (Wildman–Crippen LogP) is 2.22. The van der Waals surface area contributed by atoms with Gasteiger partial charge in [0.2, 0.25) is 0 Å². The molecule has 1 aromatic rings. The van der Waals surface area contributed by atoms with Gasteiger partial charge in [-0.05, 0) is 6.26 Å². The van der Waals surface area contributed by atoms with E-state index in [4.69, 9.17) is 0 Å².